The molecule has 1 aromatic rings. The summed E-state index contributed by atoms with van der Waals surface area (Å²) >= 11 is 0. The largest absolute Gasteiger partial charge is 0.467 e. The molecule has 0 saturated carbocycles. The Kier molecular flexibility index (Phi) is 3.25. The van der Waals surface area contributed by atoms with Crippen molar-refractivity contribution in [2.45, 2.75) is 12.0 Å². The first kappa shape index (κ1) is 11.8. The molecule has 8 nitrogen and oxygen atoms in total. The van der Waals surface area contributed by atoms with Gasteiger partial charge in [0.05, 0.1) is 13.7 Å². The molecule has 2 rings (SSSR count). The lowest BCUT2D eigenvalue weighted by atomic mass is 10.0. The van der Waals surface area contributed by atoms with Crippen LogP contribution in [0.2, 0.25) is 0 Å². The van der Waals surface area contributed by atoms with Crippen molar-refractivity contribution >= 4 is 11.9 Å². The Hall–Kier alpha value is -1.67. The molecule has 94 valence electrons. The van der Waals surface area contributed by atoms with Crippen molar-refractivity contribution in [2.24, 2.45) is 0 Å². The molecular formula is C9H15N5O3. The molecule has 4 N–H and O–H groups in total. The van der Waals surface area contributed by atoms with E-state index in [2.05, 4.69) is 20.3 Å². The lowest BCUT2D eigenvalue weighted by Crippen LogP contribution is -2.37. The van der Waals surface area contributed by atoms with E-state index in [0.29, 0.717) is 26.2 Å². The third-order valence-corrected chi connectivity index (χ3v) is 2.47. The monoisotopic (exact) mass is 241 g/mol. The first-order valence-electron chi connectivity index (χ1n) is 5.21. The number of nitrogen functional groups attached to an aromatic ring is 1. The smallest absolute Gasteiger partial charge is 0.322 e. The standard InChI is InChI=1S/C9H15N5O3/c1-16-8-13-6(10)12-7(14-8)11-4-9(15)2-3-17-5-9/h15H,2-5H2,1H3,(H3,10,11,12,13,14). The zero-order chi connectivity index (χ0) is 12.3. The first-order valence-corrected chi connectivity index (χ1v) is 5.21. The van der Waals surface area contributed by atoms with Crippen molar-refractivity contribution in [1.29, 1.82) is 0 Å². The van der Waals surface area contributed by atoms with Crippen molar-refractivity contribution in [2.75, 3.05) is 37.9 Å². The summed E-state index contributed by atoms with van der Waals surface area (Å²) in [6.07, 6.45) is 0.581. The number of hydrogen-bond donors (Lipinski definition) is 3. The van der Waals surface area contributed by atoms with Gasteiger partial charge in [0.1, 0.15) is 5.60 Å². The van der Waals surface area contributed by atoms with Crippen molar-refractivity contribution < 1.29 is 14.6 Å². The van der Waals surface area contributed by atoms with Gasteiger partial charge >= 0.3 is 6.01 Å². The number of methoxy groups -OCH3 is 1. The number of anilines is 2. The van der Waals surface area contributed by atoms with Crippen LogP contribution in [0, 0.1) is 0 Å². The number of nitrogens with one attached hydrogen (secondary N) is 1. The zero-order valence-corrected chi connectivity index (χ0v) is 9.51. The molecule has 1 aliphatic heterocycles. The maximum Gasteiger partial charge on any atom is 0.322 e. The average molecular weight is 241 g/mol. The predicted molar refractivity (Wildman–Crippen MR) is 59.7 cm³/mol. The summed E-state index contributed by atoms with van der Waals surface area (Å²) in [5.41, 5.74) is 4.60. The van der Waals surface area contributed by atoms with Gasteiger partial charge in [-0.2, -0.15) is 15.0 Å². The second-order valence-corrected chi connectivity index (χ2v) is 3.88. The van der Waals surface area contributed by atoms with Crippen LogP contribution in [0.25, 0.3) is 0 Å². The van der Waals surface area contributed by atoms with Gasteiger partial charge in [-0.1, -0.05) is 0 Å². The molecule has 1 saturated heterocycles. The third-order valence-electron chi connectivity index (χ3n) is 2.47. The summed E-state index contributed by atoms with van der Waals surface area (Å²) in [5, 5.41) is 12.9. The van der Waals surface area contributed by atoms with E-state index in [4.69, 9.17) is 15.2 Å². The number of aliphatic hydroxyl groups is 1. The summed E-state index contributed by atoms with van der Waals surface area (Å²) < 4.78 is 9.99. The molecular weight excluding hydrogens is 226 g/mol. The Morgan fingerprint density at radius 2 is 2.35 bits per heavy atom. The maximum absolute atomic E-state index is 10.0. The van der Waals surface area contributed by atoms with Gasteiger partial charge in [-0.05, 0) is 0 Å². The number of aromatic nitrogens is 3. The molecule has 1 aliphatic rings. The number of hydrogen-bond acceptors (Lipinski definition) is 8. The number of nitrogens with zero attached hydrogens (tertiary/aromatic N) is 3. The summed E-state index contributed by atoms with van der Waals surface area (Å²) in [6.45, 7) is 1.15. The highest BCUT2D eigenvalue weighted by atomic mass is 16.5. The molecule has 2 heterocycles. The van der Waals surface area contributed by atoms with Gasteiger partial charge in [0, 0.05) is 19.6 Å². The molecule has 17 heavy (non-hydrogen) atoms. The highest BCUT2D eigenvalue weighted by Gasteiger charge is 2.32. The molecule has 0 aromatic carbocycles. The molecule has 0 bridgehead atoms. The molecule has 0 aliphatic carbocycles. The van der Waals surface area contributed by atoms with E-state index in [1.54, 1.807) is 0 Å². The molecule has 1 atom stereocenters. The topological polar surface area (TPSA) is 115 Å². The Morgan fingerprint density at radius 3 is 3.00 bits per heavy atom. The van der Waals surface area contributed by atoms with E-state index in [-0.39, 0.29) is 17.9 Å². The number of rotatable bonds is 4. The van der Waals surface area contributed by atoms with E-state index in [0.717, 1.165) is 0 Å². The van der Waals surface area contributed by atoms with Crippen molar-refractivity contribution in [3.8, 4) is 6.01 Å². The van der Waals surface area contributed by atoms with Crippen LogP contribution in [-0.4, -0.2) is 52.5 Å². The summed E-state index contributed by atoms with van der Waals surface area (Å²) in [4.78, 5) is 11.6. The summed E-state index contributed by atoms with van der Waals surface area (Å²) in [7, 11) is 1.44. The lowest BCUT2D eigenvalue weighted by Gasteiger charge is -2.20. The first-order chi connectivity index (χ1) is 8.11. The number of nitrogens with two attached hydrogens (primary N) is 1. The Balaban J connectivity index is 2.00. The van der Waals surface area contributed by atoms with Gasteiger partial charge in [0.2, 0.25) is 11.9 Å². The van der Waals surface area contributed by atoms with E-state index >= 15 is 0 Å². The van der Waals surface area contributed by atoms with Crippen LogP contribution in [0.15, 0.2) is 0 Å². The van der Waals surface area contributed by atoms with Gasteiger partial charge in [0.15, 0.2) is 0 Å². The Morgan fingerprint density at radius 1 is 1.53 bits per heavy atom. The van der Waals surface area contributed by atoms with E-state index in [1.807, 2.05) is 0 Å². The van der Waals surface area contributed by atoms with Gasteiger partial charge in [0.25, 0.3) is 0 Å². The van der Waals surface area contributed by atoms with Crippen LogP contribution in [0.4, 0.5) is 11.9 Å². The van der Waals surface area contributed by atoms with Gasteiger partial charge in [-0.25, -0.2) is 0 Å². The highest BCUT2D eigenvalue weighted by Crippen LogP contribution is 2.18. The number of ether oxygens (including phenoxy) is 2. The molecule has 0 radical (unpaired) electrons. The Labute approximate surface area is 98.2 Å². The average Bonchev–Trinajstić information content (AvgIpc) is 2.73. The minimum atomic E-state index is -0.880. The summed E-state index contributed by atoms with van der Waals surface area (Å²) in [5.74, 6) is 0.337. The van der Waals surface area contributed by atoms with E-state index in [9.17, 15) is 5.11 Å². The van der Waals surface area contributed by atoms with Crippen molar-refractivity contribution in [3.05, 3.63) is 0 Å². The third kappa shape index (κ3) is 2.92. The fourth-order valence-corrected chi connectivity index (χ4v) is 1.52. The van der Waals surface area contributed by atoms with Crippen LogP contribution in [0.3, 0.4) is 0 Å². The predicted octanol–water partition coefficient (Wildman–Crippen LogP) is -0.974. The van der Waals surface area contributed by atoms with Crippen LogP contribution in [0.1, 0.15) is 6.42 Å². The highest BCUT2D eigenvalue weighted by molar-refractivity contribution is 5.33. The molecule has 1 aromatic heterocycles. The van der Waals surface area contributed by atoms with Gasteiger partial charge in [-0.3, -0.25) is 0 Å². The zero-order valence-electron chi connectivity index (χ0n) is 9.51. The van der Waals surface area contributed by atoms with Crippen molar-refractivity contribution in [3.63, 3.8) is 0 Å². The van der Waals surface area contributed by atoms with Crippen LogP contribution >= 0.6 is 0 Å². The quantitative estimate of drug-likeness (QED) is 0.616. The fraction of sp³-hybridized carbons (Fsp3) is 0.667. The van der Waals surface area contributed by atoms with Crippen molar-refractivity contribution in [1.82, 2.24) is 15.0 Å². The second kappa shape index (κ2) is 4.68. The molecule has 0 amide bonds. The second-order valence-electron chi connectivity index (χ2n) is 3.88. The van der Waals surface area contributed by atoms with Gasteiger partial charge in [-0.15, -0.1) is 0 Å². The molecule has 1 fully saturated rings. The molecule has 1 unspecified atom stereocenters. The van der Waals surface area contributed by atoms with Crippen LogP contribution < -0.4 is 15.8 Å². The Bertz CT molecular complexity index is 394. The summed E-state index contributed by atoms with van der Waals surface area (Å²) in [6, 6.07) is 0.134. The van der Waals surface area contributed by atoms with E-state index in [1.165, 1.54) is 7.11 Å². The minimum Gasteiger partial charge on any atom is -0.467 e. The molecule has 8 heteroatoms. The van der Waals surface area contributed by atoms with Gasteiger partial charge < -0.3 is 25.6 Å². The van der Waals surface area contributed by atoms with E-state index < -0.39 is 5.60 Å². The SMILES string of the molecule is COc1nc(N)nc(NCC2(O)CCOC2)n1. The van der Waals surface area contributed by atoms with Crippen LogP contribution in [0.5, 0.6) is 6.01 Å². The lowest BCUT2D eigenvalue weighted by molar-refractivity contribution is 0.0380. The fourth-order valence-electron chi connectivity index (χ4n) is 1.52. The normalized spacial score (nSPS) is 23.6. The maximum atomic E-state index is 10.0. The molecule has 0 spiro atoms. The minimum absolute atomic E-state index is 0.0639. The van der Waals surface area contributed by atoms with Crippen LogP contribution in [-0.2, 0) is 4.74 Å².